The minimum Gasteiger partial charge on any atom is -0.456 e. The molecule has 0 radical (unpaired) electrons. The van der Waals surface area contributed by atoms with Crippen molar-refractivity contribution in [2.45, 2.75) is 10.8 Å². The Kier molecular flexibility index (Phi) is 7.20. The van der Waals surface area contributed by atoms with Gasteiger partial charge < -0.3 is 14.2 Å². The highest BCUT2D eigenvalue weighted by molar-refractivity contribution is 6.01. The molecule has 4 nitrogen and oxygen atoms in total. The Bertz CT molecular complexity index is 3570. The van der Waals surface area contributed by atoms with Crippen LogP contribution in [0.2, 0.25) is 0 Å². The van der Waals surface area contributed by atoms with Crippen LogP contribution < -0.4 is 15.2 Å². The van der Waals surface area contributed by atoms with Crippen molar-refractivity contribution in [1.82, 2.24) is 0 Å². The van der Waals surface area contributed by atoms with E-state index in [0.29, 0.717) is 21.9 Å². The summed E-state index contributed by atoms with van der Waals surface area (Å²) in [4.78, 5) is 19.3. The van der Waals surface area contributed by atoms with E-state index in [2.05, 4.69) is 228 Å². The molecule has 10 aromatic carbocycles. The van der Waals surface area contributed by atoms with Gasteiger partial charge in [0.2, 0.25) is 5.43 Å². The third kappa shape index (κ3) is 4.50. The molecule has 2 aliphatic carbocycles. The summed E-state index contributed by atoms with van der Waals surface area (Å²) in [5.41, 5.74) is 21.2. The molecule has 0 amide bonds. The van der Waals surface area contributed by atoms with E-state index in [1.165, 1.54) is 66.8 Å². The molecule has 15 rings (SSSR count). The summed E-state index contributed by atoms with van der Waals surface area (Å²) in [7, 11) is 0. The van der Waals surface area contributed by atoms with Crippen molar-refractivity contribution in [3.8, 4) is 22.3 Å². The fourth-order valence-electron chi connectivity index (χ4n) is 12.8. The van der Waals surface area contributed by atoms with E-state index < -0.39 is 10.8 Å². The quantitative estimate of drug-likeness (QED) is 0.162. The Balaban J connectivity index is 0.911. The summed E-state index contributed by atoms with van der Waals surface area (Å²) in [6, 6.07) is 82.8. The zero-order valence-electron chi connectivity index (χ0n) is 36.2. The van der Waals surface area contributed by atoms with Crippen molar-refractivity contribution in [3.05, 3.63) is 285 Å². The maximum atomic E-state index is 14.6. The highest BCUT2D eigenvalue weighted by Gasteiger charge is 2.53. The second-order valence-electron chi connectivity index (χ2n) is 18.2. The SMILES string of the molecule is O=c1c2ccc(N3c4ccccc4C4(c5ccccc5-c5ccccc54)c4ccccc43)cc2oc2cc(N3c4ccccc4C4(c5ccccc5-c5ccccc54)c4ccccc43)ccc12. The minimum atomic E-state index is -0.511. The summed E-state index contributed by atoms with van der Waals surface area (Å²) in [6.45, 7) is 0. The summed E-state index contributed by atoms with van der Waals surface area (Å²) in [6.07, 6.45) is 0. The maximum Gasteiger partial charge on any atom is 0.200 e. The Morgan fingerprint density at radius 3 is 0.881 bits per heavy atom. The summed E-state index contributed by atoms with van der Waals surface area (Å²) in [5, 5.41) is 1.10. The largest absolute Gasteiger partial charge is 0.456 e. The highest BCUT2D eigenvalue weighted by Crippen LogP contribution is 2.65. The third-order valence-corrected chi connectivity index (χ3v) is 15.3. The van der Waals surface area contributed by atoms with E-state index in [1.807, 2.05) is 12.1 Å². The van der Waals surface area contributed by atoms with Crippen LogP contribution in [0, 0.1) is 0 Å². The number of para-hydroxylation sites is 4. The highest BCUT2D eigenvalue weighted by atomic mass is 16.3. The maximum absolute atomic E-state index is 14.6. The molecule has 0 fully saturated rings. The van der Waals surface area contributed by atoms with Crippen LogP contribution in [0.15, 0.2) is 240 Å². The molecule has 3 heterocycles. The lowest BCUT2D eigenvalue weighted by Gasteiger charge is -2.45. The zero-order chi connectivity index (χ0) is 44.0. The summed E-state index contributed by atoms with van der Waals surface area (Å²) < 4.78 is 6.96. The predicted octanol–water partition coefficient (Wildman–Crippen LogP) is 15.2. The van der Waals surface area contributed by atoms with Crippen LogP contribution in [-0.2, 0) is 10.8 Å². The van der Waals surface area contributed by atoms with Gasteiger partial charge >= 0.3 is 0 Å². The van der Waals surface area contributed by atoms with E-state index in [-0.39, 0.29) is 5.43 Å². The van der Waals surface area contributed by atoms with Crippen LogP contribution in [0.5, 0.6) is 0 Å². The number of anilines is 6. The molecule has 1 aromatic heterocycles. The lowest BCUT2D eigenvalue weighted by molar-refractivity contribution is 0.660. The van der Waals surface area contributed by atoms with Crippen LogP contribution in [0.3, 0.4) is 0 Å². The molecule has 0 saturated heterocycles. The standard InChI is InChI=1S/C63H38N2O2/c66-61-45-35-33-39(64-55-29-13-9-25-51(55)62(52-26-10-14-30-56(52)64)47-21-5-1-17-41(47)42-18-2-6-22-48(42)62)37-59(45)67-60-38-40(34-36-46(60)61)65-57-31-15-11-27-53(57)63(54-28-12-16-32-58(54)65)49-23-7-3-19-43(49)44-20-4-8-24-50(44)63/h1-38H. The van der Waals surface area contributed by atoms with Crippen LogP contribution in [0.4, 0.5) is 34.1 Å². The monoisotopic (exact) mass is 854 g/mol. The third-order valence-electron chi connectivity index (χ3n) is 15.3. The fourth-order valence-corrected chi connectivity index (χ4v) is 12.8. The van der Waals surface area contributed by atoms with Gasteiger partial charge in [-0.3, -0.25) is 4.79 Å². The van der Waals surface area contributed by atoms with Crippen LogP contribution in [-0.4, -0.2) is 0 Å². The Labute approximate surface area is 386 Å². The van der Waals surface area contributed by atoms with Gasteiger partial charge in [-0.05, 0) is 115 Å². The van der Waals surface area contributed by atoms with Gasteiger partial charge in [-0.1, -0.05) is 170 Å². The average molecular weight is 855 g/mol. The molecule has 0 N–H and O–H groups in total. The molecule has 2 aliphatic heterocycles. The van der Waals surface area contributed by atoms with Crippen molar-refractivity contribution in [1.29, 1.82) is 0 Å². The lowest BCUT2D eigenvalue weighted by atomic mass is 9.64. The Hall–Kier alpha value is -8.73. The van der Waals surface area contributed by atoms with Gasteiger partial charge in [0.05, 0.1) is 44.4 Å². The topological polar surface area (TPSA) is 36.7 Å². The molecule has 0 unspecified atom stereocenters. The number of hydrogen-bond acceptors (Lipinski definition) is 4. The van der Waals surface area contributed by atoms with Crippen LogP contribution in [0.1, 0.15) is 44.5 Å². The normalized spacial score (nSPS) is 14.8. The van der Waals surface area contributed by atoms with Gasteiger partial charge in [0.15, 0.2) is 0 Å². The second kappa shape index (κ2) is 13.2. The average Bonchev–Trinajstić information content (AvgIpc) is 3.85. The van der Waals surface area contributed by atoms with Gasteiger partial charge in [0.1, 0.15) is 11.2 Å². The molecular formula is C63H38N2O2. The van der Waals surface area contributed by atoms with Gasteiger partial charge in [-0.2, -0.15) is 0 Å². The molecule has 0 atom stereocenters. The zero-order valence-corrected chi connectivity index (χ0v) is 36.2. The van der Waals surface area contributed by atoms with Crippen molar-refractivity contribution in [2.75, 3.05) is 9.80 Å². The molecule has 2 spiro atoms. The fraction of sp³-hybridized carbons (Fsp3) is 0.0317. The number of fused-ring (bicyclic) bond motifs is 20. The van der Waals surface area contributed by atoms with E-state index in [0.717, 1.165) is 34.1 Å². The van der Waals surface area contributed by atoms with Crippen molar-refractivity contribution in [3.63, 3.8) is 0 Å². The van der Waals surface area contributed by atoms with Crippen molar-refractivity contribution >= 4 is 56.1 Å². The van der Waals surface area contributed by atoms with E-state index in [4.69, 9.17) is 4.42 Å². The molecule has 11 aromatic rings. The molecule has 67 heavy (non-hydrogen) atoms. The first-order valence-corrected chi connectivity index (χ1v) is 23.0. The lowest BCUT2D eigenvalue weighted by Crippen LogP contribution is -2.36. The minimum absolute atomic E-state index is 0.0514. The second-order valence-corrected chi connectivity index (χ2v) is 18.2. The van der Waals surface area contributed by atoms with E-state index in [1.54, 1.807) is 0 Å². The van der Waals surface area contributed by atoms with Gasteiger partial charge in [-0.25, -0.2) is 0 Å². The number of benzene rings is 10. The van der Waals surface area contributed by atoms with Crippen LogP contribution >= 0.6 is 0 Å². The van der Waals surface area contributed by atoms with Crippen LogP contribution in [0.25, 0.3) is 44.2 Å². The molecule has 0 saturated carbocycles. The first-order valence-electron chi connectivity index (χ1n) is 23.0. The summed E-state index contributed by atoms with van der Waals surface area (Å²) in [5.74, 6) is 0. The molecule has 4 heteroatoms. The van der Waals surface area contributed by atoms with Crippen molar-refractivity contribution < 1.29 is 4.42 Å². The van der Waals surface area contributed by atoms with E-state index in [9.17, 15) is 4.79 Å². The molecular weight excluding hydrogens is 817 g/mol. The first-order chi connectivity index (χ1) is 33.2. The molecule has 312 valence electrons. The van der Waals surface area contributed by atoms with E-state index >= 15 is 0 Å². The number of hydrogen-bond donors (Lipinski definition) is 0. The van der Waals surface area contributed by atoms with Gasteiger partial charge in [-0.15, -0.1) is 0 Å². The van der Waals surface area contributed by atoms with Gasteiger partial charge in [0.25, 0.3) is 0 Å². The molecule has 4 aliphatic rings. The predicted molar refractivity (Wildman–Crippen MR) is 271 cm³/mol. The molecule has 0 bridgehead atoms. The smallest absolute Gasteiger partial charge is 0.200 e. The Morgan fingerprint density at radius 1 is 0.299 bits per heavy atom. The number of rotatable bonds is 2. The van der Waals surface area contributed by atoms with Crippen molar-refractivity contribution in [2.24, 2.45) is 0 Å². The Morgan fingerprint density at radius 2 is 0.567 bits per heavy atom. The number of nitrogens with zero attached hydrogens (tertiary/aromatic N) is 2. The van der Waals surface area contributed by atoms with Gasteiger partial charge in [0, 0.05) is 23.5 Å². The first kappa shape index (κ1) is 36.6. The summed E-state index contributed by atoms with van der Waals surface area (Å²) >= 11 is 0.